The highest BCUT2D eigenvalue weighted by molar-refractivity contribution is 5.89. The average molecular weight is 320 g/mol. The lowest BCUT2D eigenvalue weighted by atomic mass is 10.1. The molecule has 3 aromatic rings. The number of hydrogen-bond donors (Lipinski definition) is 2. The molecule has 1 fully saturated rings. The van der Waals surface area contributed by atoms with Gasteiger partial charge in [0.1, 0.15) is 11.5 Å². The van der Waals surface area contributed by atoms with Crippen molar-refractivity contribution in [2.75, 3.05) is 5.32 Å². The zero-order chi connectivity index (χ0) is 16.4. The lowest BCUT2D eigenvalue weighted by molar-refractivity contribution is 0.618. The van der Waals surface area contributed by atoms with Crippen molar-refractivity contribution in [2.45, 2.75) is 51.5 Å². The van der Waals surface area contributed by atoms with Crippen LogP contribution in [-0.4, -0.2) is 21.0 Å². The van der Waals surface area contributed by atoms with Gasteiger partial charge in [0.05, 0.1) is 5.39 Å². The van der Waals surface area contributed by atoms with E-state index in [1.807, 2.05) is 18.2 Å². The maximum absolute atomic E-state index is 4.87. The summed E-state index contributed by atoms with van der Waals surface area (Å²) in [5, 5.41) is 4.81. The first-order valence-electron chi connectivity index (χ1n) is 8.99. The smallest absolute Gasteiger partial charge is 0.163 e. The highest BCUT2D eigenvalue weighted by Crippen LogP contribution is 2.28. The molecule has 0 spiro atoms. The molecule has 0 amide bonds. The fraction of sp³-hybridized carbons (Fsp3) is 0.400. The topological polar surface area (TPSA) is 53.6 Å². The van der Waals surface area contributed by atoms with Gasteiger partial charge in [0.15, 0.2) is 5.82 Å². The molecule has 2 aromatic heterocycles. The molecule has 124 valence electrons. The van der Waals surface area contributed by atoms with E-state index in [-0.39, 0.29) is 0 Å². The Morgan fingerprint density at radius 1 is 1.00 bits per heavy atom. The molecule has 4 rings (SSSR count). The van der Waals surface area contributed by atoms with Crippen molar-refractivity contribution in [3.05, 3.63) is 42.1 Å². The predicted molar refractivity (Wildman–Crippen MR) is 99.2 cm³/mol. The molecule has 1 aliphatic rings. The number of aromatic nitrogens is 3. The van der Waals surface area contributed by atoms with Crippen LogP contribution < -0.4 is 5.32 Å². The second-order valence-corrected chi connectivity index (χ2v) is 6.81. The minimum Gasteiger partial charge on any atom is -0.367 e. The summed E-state index contributed by atoms with van der Waals surface area (Å²) in [7, 11) is 0. The molecule has 0 saturated heterocycles. The van der Waals surface area contributed by atoms with Gasteiger partial charge < -0.3 is 10.3 Å². The van der Waals surface area contributed by atoms with Gasteiger partial charge >= 0.3 is 0 Å². The van der Waals surface area contributed by atoms with E-state index in [4.69, 9.17) is 9.97 Å². The van der Waals surface area contributed by atoms with E-state index in [2.05, 4.69) is 35.4 Å². The van der Waals surface area contributed by atoms with Gasteiger partial charge in [-0.15, -0.1) is 0 Å². The Morgan fingerprint density at radius 3 is 2.50 bits per heavy atom. The predicted octanol–water partition coefficient (Wildman–Crippen LogP) is 5.07. The first-order valence-corrected chi connectivity index (χ1v) is 8.99. The molecule has 24 heavy (non-hydrogen) atoms. The van der Waals surface area contributed by atoms with Crippen LogP contribution in [0.25, 0.3) is 22.4 Å². The van der Waals surface area contributed by atoms with Gasteiger partial charge in [-0.3, -0.25) is 0 Å². The molecular formula is C20H24N4. The summed E-state index contributed by atoms with van der Waals surface area (Å²) in [6.07, 6.45) is 7.80. The van der Waals surface area contributed by atoms with E-state index in [1.54, 1.807) is 0 Å². The number of fused-ring (bicyclic) bond motifs is 1. The van der Waals surface area contributed by atoms with Crippen molar-refractivity contribution in [3.8, 4) is 11.4 Å². The van der Waals surface area contributed by atoms with Crippen LogP contribution in [0.3, 0.4) is 0 Å². The molecule has 4 heteroatoms. The molecule has 0 unspecified atom stereocenters. The molecule has 4 nitrogen and oxygen atoms in total. The lowest BCUT2D eigenvalue weighted by Gasteiger charge is -2.18. The quantitative estimate of drug-likeness (QED) is 0.663. The Kier molecular flexibility index (Phi) is 4.20. The zero-order valence-corrected chi connectivity index (χ0v) is 14.2. The Bertz CT molecular complexity index is 814. The molecule has 0 radical (unpaired) electrons. The Balaban J connectivity index is 1.74. The second-order valence-electron chi connectivity index (χ2n) is 6.81. The monoisotopic (exact) mass is 320 g/mol. The highest BCUT2D eigenvalue weighted by Gasteiger charge is 2.16. The van der Waals surface area contributed by atoms with Crippen molar-refractivity contribution >= 4 is 16.9 Å². The number of anilines is 1. The maximum Gasteiger partial charge on any atom is 0.163 e. The fourth-order valence-corrected chi connectivity index (χ4v) is 3.58. The molecule has 0 bridgehead atoms. The van der Waals surface area contributed by atoms with Crippen molar-refractivity contribution in [3.63, 3.8) is 0 Å². The van der Waals surface area contributed by atoms with E-state index in [0.29, 0.717) is 6.04 Å². The Morgan fingerprint density at radius 2 is 1.75 bits per heavy atom. The van der Waals surface area contributed by atoms with Crippen LogP contribution in [0.5, 0.6) is 0 Å². The summed E-state index contributed by atoms with van der Waals surface area (Å²) in [4.78, 5) is 13.0. The van der Waals surface area contributed by atoms with Gasteiger partial charge in [0.25, 0.3) is 0 Å². The number of rotatable bonds is 3. The van der Waals surface area contributed by atoms with Crippen LogP contribution in [0.2, 0.25) is 0 Å². The van der Waals surface area contributed by atoms with Crippen molar-refractivity contribution in [2.24, 2.45) is 0 Å². The molecular weight excluding hydrogens is 296 g/mol. The highest BCUT2D eigenvalue weighted by atomic mass is 15.1. The summed E-state index contributed by atoms with van der Waals surface area (Å²) >= 11 is 0. The number of aromatic amines is 1. The lowest BCUT2D eigenvalue weighted by Crippen LogP contribution is -2.19. The van der Waals surface area contributed by atoms with Gasteiger partial charge in [-0.05, 0) is 25.8 Å². The van der Waals surface area contributed by atoms with Crippen LogP contribution in [0.1, 0.15) is 44.2 Å². The normalized spacial score (nSPS) is 16.2. The third-order valence-electron chi connectivity index (χ3n) is 4.85. The molecule has 2 heterocycles. The first-order chi connectivity index (χ1) is 11.8. The summed E-state index contributed by atoms with van der Waals surface area (Å²) in [6, 6.07) is 12.9. The molecule has 2 N–H and O–H groups in total. The van der Waals surface area contributed by atoms with E-state index in [0.717, 1.165) is 33.9 Å². The summed E-state index contributed by atoms with van der Waals surface area (Å²) < 4.78 is 0. The van der Waals surface area contributed by atoms with E-state index >= 15 is 0 Å². The van der Waals surface area contributed by atoms with Gasteiger partial charge in [0.2, 0.25) is 0 Å². The SMILES string of the molecule is Cc1cc2c(NC3CCCCCC3)nc(-c3ccccc3)nc2[nH]1. The van der Waals surface area contributed by atoms with Gasteiger partial charge in [-0.25, -0.2) is 9.97 Å². The minimum absolute atomic E-state index is 0.518. The first kappa shape index (κ1) is 15.2. The molecule has 1 aromatic carbocycles. The molecule has 1 saturated carbocycles. The number of H-pyrrole nitrogens is 1. The summed E-state index contributed by atoms with van der Waals surface area (Å²) in [5.41, 5.74) is 3.08. The summed E-state index contributed by atoms with van der Waals surface area (Å²) in [5.74, 6) is 1.75. The van der Waals surface area contributed by atoms with Gasteiger partial charge in [-0.1, -0.05) is 56.0 Å². The average Bonchev–Trinajstić information content (AvgIpc) is 2.80. The van der Waals surface area contributed by atoms with Crippen LogP contribution >= 0.6 is 0 Å². The van der Waals surface area contributed by atoms with Crippen LogP contribution in [-0.2, 0) is 0 Å². The van der Waals surface area contributed by atoms with E-state index < -0.39 is 0 Å². The molecule has 0 aliphatic heterocycles. The standard InChI is InChI=1S/C20H24N4/c1-14-13-17-19(21-14)23-18(15-9-5-4-6-10-15)24-20(17)22-16-11-7-2-3-8-12-16/h4-6,9-10,13,16H,2-3,7-8,11-12H2,1H3,(H2,21,22,23,24). The number of benzene rings is 1. The van der Waals surface area contributed by atoms with Crippen LogP contribution in [0.15, 0.2) is 36.4 Å². The van der Waals surface area contributed by atoms with E-state index in [9.17, 15) is 0 Å². The van der Waals surface area contributed by atoms with Crippen LogP contribution in [0, 0.1) is 6.92 Å². The third kappa shape index (κ3) is 3.14. The number of hydrogen-bond acceptors (Lipinski definition) is 3. The van der Waals surface area contributed by atoms with Crippen molar-refractivity contribution in [1.29, 1.82) is 0 Å². The van der Waals surface area contributed by atoms with Gasteiger partial charge in [0, 0.05) is 17.3 Å². The largest absolute Gasteiger partial charge is 0.367 e. The molecule has 1 aliphatic carbocycles. The third-order valence-corrected chi connectivity index (χ3v) is 4.85. The van der Waals surface area contributed by atoms with Crippen LogP contribution in [0.4, 0.5) is 5.82 Å². The fourth-order valence-electron chi connectivity index (χ4n) is 3.58. The second kappa shape index (κ2) is 6.63. The molecule has 0 atom stereocenters. The van der Waals surface area contributed by atoms with Gasteiger partial charge in [-0.2, -0.15) is 0 Å². The maximum atomic E-state index is 4.87. The Hall–Kier alpha value is -2.36. The van der Waals surface area contributed by atoms with Crippen molar-refractivity contribution < 1.29 is 0 Å². The number of nitrogens with zero attached hydrogens (tertiary/aromatic N) is 2. The van der Waals surface area contributed by atoms with E-state index in [1.165, 1.54) is 38.5 Å². The zero-order valence-electron chi connectivity index (χ0n) is 14.2. The Labute approximate surface area is 142 Å². The number of aryl methyl sites for hydroxylation is 1. The summed E-state index contributed by atoms with van der Waals surface area (Å²) in [6.45, 7) is 2.07. The van der Waals surface area contributed by atoms with Crippen molar-refractivity contribution in [1.82, 2.24) is 15.0 Å². The minimum atomic E-state index is 0.518. The number of nitrogens with one attached hydrogen (secondary N) is 2.